The van der Waals surface area contributed by atoms with Crippen LogP contribution in [-0.2, 0) is 11.2 Å². The molecule has 6 heteroatoms. The lowest BCUT2D eigenvalue weighted by Crippen LogP contribution is -2.23. The van der Waals surface area contributed by atoms with E-state index in [-0.39, 0.29) is 5.91 Å². The quantitative estimate of drug-likeness (QED) is 0.395. The van der Waals surface area contributed by atoms with E-state index < -0.39 is 0 Å². The van der Waals surface area contributed by atoms with E-state index in [0.29, 0.717) is 11.6 Å². The lowest BCUT2D eigenvalue weighted by atomic mass is 10.1. The standard InChI is InChI=1S/C13H16N4OS/c1-17(2)12(18)8-10-5-4-6-11(7-10)16-13(19-3)15-9-14/h4-7H,8H2,1-3H3,(H,15,16). The summed E-state index contributed by atoms with van der Waals surface area (Å²) in [5, 5.41) is 11.6. The molecule has 0 aliphatic carbocycles. The van der Waals surface area contributed by atoms with Gasteiger partial charge in [0.1, 0.15) is 0 Å². The lowest BCUT2D eigenvalue weighted by Gasteiger charge is -2.10. The molecule has 0 saturated carbocycles. The molecule has 0 aliphatic heterocycles. The summed E-state index contributed by atoms with van der Waals surface area (Å²) in [6.45, 7) is 0. The van der Waals surface area contributed by atoms with Crippen LogP contribution in [-0.4, -0.2) is 36.3 Å². The fraction of sp³-hybridized carbons (Fsp3) is 0.308. The molecule has 0 bridgehead atoms. The molecule has 19 heavy (non-hydrogen) atoms. The van der Waals surface area contributed by atoms with E-state index in [2.05, 4.69) is 10.3 Å². The molecule has 1 aromatic rings. The average molecular weight is 276 g/mol. The molecule has 0 unspecified atom stereocenters. The first-order chi connectivity index (χ1) is 9.06. The van der Waals surface area contributed by atoms with Crippen molar-refractivity contribution in [3.8, 4) is 6.19 Å². The van der Waals surface area contributed by atoms with Crippen molar-refractivity contribution in [3.63, 3.8) is 0 Å². The van der Waals surface area contributed by atoms with E-state index in [1.807, 2.05) is 36.7 Å². The number of rotatable bonds is 3. The number of hydrogen-bond acceptors (Lipinski definition) is 4. The molecule has 0 heterocycles. The second-order valence-corrected chi connectivity index (χ2v) is 4.79. The van der Waals surface area contributed by atoms with Gasteiger partial charge in [0, 0.05) is 14.1 Å². The summed E-state index contributed by atoms with van der Waals surface area (Å²) in [5.74, 6) is 0.0429. The fourth-order valence-electron chi connectivity index (χ4n) is 1.36. The van der Waals surface area contributed by atoms with E-state index in [0.717, 1.165) is 11.3 Å². The Hall–Kier alpha value is -2.00. The van der Waals surface area contributed by atoms with Gasteiger partial charge in [-0.15, -0.1) is 0 Å². The van der Waals surface area contributed by atoms with Gasteiger partial charge >= 0.3 is 0 Å². The minimum absolute atomic E-state index is 0.0429. The number of nitrogens with zero attached hydrogens (tertiary/aromatic N) is 3. The third-order valence-corrected chi connectivity index (χ3v) is 2.93. The first kappa shape index (κ1) is 15.1. The van der Waals surface area contributed by atoms with Crippen molar-refractivity contribution in [2.45, 2.75) is 6.42 Å². The number of nitrogens with one attached hydrogen (secondary N) is 1. The molecule has 0 saturated heterocycles. The first-order valence-corrected chi connectivity index (χ1v) is 6.86. The molecule has 1 amide bonds. The number of carbonyl (C=O) groups is 1. The Kier molecular flexibility index (Phi) is 5.90. The predicted octanol–water partition coefficient (Wildman–Crippen LogP) is 1.74. The van der Waals surface area contributed by atoms with Crippen molar-refractivity contribution < 1.29 is 4.79 Å². The number of nitriles is 1. The van der Waals surface area contributed by atoms with Gasteiger partial charge in [0.25, 0.3) is 0 Å². The molecule has 5 nitrogen and oxygen atoms in total. The summed E-state index contributed by atoms with van der Waals surface area (Å²) >= 11 is 1.36. The van der Waals surface area contributed by atoms with Crippen LogP contribution in [0.4, 0.5) is 5.69 Å². The van der Waals surface area contributed by atoms with Gasteiger partial charge in [0.2, 0.25) is 5.91 Å². The maximum absolute atomic E-state index is 11.6. The summed E-state index contributed by atoms with van der Waals surface area (Å²) in [7, 11) is 3.46. The monoisotopic (exact) mass is 276 g/mol. The second kappa shape index (κ2) is 7.44. The zero-order valence-corrected chi connectivity index (χ0v) is 12.0. The van der Waals surface area contributed by atoms with Crippen LogP contribution < -0.4 is 5.32 Å². The van der Waals surface area contributed by atoms with E-state index in [9.17, 15) is 4.79 Å². The molecule has 1 N–H and O–H groups in total. The molecule has 0 aromatic heterocycles. The number of amidine groups is 1. The Labute approximate surface area is 117 Å². The minimum atomic E-state index is 0.0429. The van der Waals surface area contributed by atoms with Gasteiger partial charge in [-0.3, -0.25) is 10.1 Å². The van der Waals surface area contributed by atoms with Gasteiger partial charge < -0.3 is 4.90 Å². The van der Waals surface area contributed by atoms with Crippen LogP contribution in [0.25, 0.3) is 0 Å². The van der Waals surface area contributed by atoms with E-state index in [1.54, 1.807) is 19.0 Å². The van der Waals surface area contributed by atoms with Crippen LogP contribution in [0, 0.1) is 11.5 Å². The Bertz CT molecular complexity index is 520. The number of thioether (sulfide) groups is 1. The molecule has 100 valence electrons. The molecule has 0 aliphatic rings. The zero-order chi connectivity index (χ0) is 14.3. The fourth-order valence-corrected chi connectivity index (χ4v) is 1.70. The number of benzene rings is 1. The van der Waals surface area contributed by atoms with Crippen molar-refractivity contribution in [1.82, 2.24) is 10.2 Å². The topological polar surface area (TPSA) is 68.5 Å². The predicted molar refractivity (Wildman–Crippen MR) is 78.2 cm³/mol. The van der Waals surface area contributed by atoms with Gasteiger partial charge in [-0.25, -0.2) is 4.99 Å². The molecule has 0 atom stereocenters. The highest BCUT2D eigenvalue weighted by Crippen LogP contribution is 2.16. The Morgan fingerprint density at radius 2 is 2.26 bits per heavy atom. The van der Waals surface area contributed by atoms with Crippen LogP contribution >= 0.6 is 11.8 Å². The highest BCUT2D eigenvalue weighted by molar-refractivity contribution is 8.13. The number of amides is 1. The van der Waals surface area contributed by atoms with Crippen LogP contribution in [0.2, 0.25) is 0 Å². The minimum Gasteiger partial charge on any atom is -0.349 e. The SMILES string of the molecule is CSC(=Nc1cccc(CC(=O)N(C)C)c1)NC#N. The number of likely N-dealkylation sites (N-methyl/N-ethyl adjacent to an activating group) is 1. The second-order valence-electron chi connectivity index (χ2n) is 3.99. The highest BCUT2D eigenvalue weighted by atomic mass is 32.2. The number of hydrogen-bond donors (Lipinski definition) is 1. The summed E-state index contributed by atoms with van der Waals surface area (Å²) in [5.41, 5.74) is 1.62. The smallest absolute Gasteiger partial charge is 0.226 e. The molecule has 0 fully saturated rings. The number of carbonyl (C=O) groups excluding carboxylic acids is 1. The van der Waals surface area contributed by atoms with Crippen LogP contribution in [0.1, 0.15) is 5.56 Å². The Morgan fingerprint density at radius 1 is 1.53 bits per heavy atom. The van der Waals surface area contributed by atoms with Gasteiger partial charge in [0.15, 0.2) is 11.4 Å². The molecular weight excluding hydrogens is 260 g/mol. The van der Waals surface area contributed by atoms with Gasteiger partial charge in [-0.2, -0.15) is 5.26 Å². The van der Waals surface area contributed by atoms with Gasteiger partial charge in [0.05, 0.1) is 12.1 Å². The van der Waals surface area contributed by atoms with Gasteiger partial charge in [-0.05, 0) is 24.0 Å². The Balaban J connectivity index is 2.88. The molecule has 1 aromatic carbocycles. The maximum atomic E-state index is 11.6. The van der Waals surface area contributed by atoms with Crippen LogP contribution in [0.15, 0.2) is 29.3 Å². The third kappa shape index (κ3) is 5.02. The van der Waals surface area contributed by atoms with E-state index in [4.69, 9.17) is 5.26 Å². The Morgan fingerprint density at radius 3 is 2.84 bits per heavy atom. The van der Waals surface area contributed by atoms with Crippen LogP contribution in [0.5, 0.6) is 0 Å². The van der Waals surface area contributed by atoms with Crippen molar-refractivity contribution in [1.29, 1.82) is 5.26 Å². The highest BCUT2D eigenvalue weighted by Gasteiger charge is 2.06. The average Bonchev–Trinajstić information content (AvgIpc) is 2.38. The third-order valence-electron chi connectivity index (χ3n) is 2.35. The summed E-state index contributed by atoms with van der Waals surface area (Å²) in [6.07, 6.45) is 4.02. The maximum Gasteiger partial charge on any atom is 0.226 e. The van der Waals surface area contributed by atoms with Crippen molar-refractivity contribution in [2.75, 3.05) is 20.4 Å². The van der Waals surface area contributed by atoms with Crippen LogP contribution in [0.3, 0.4) is 0 Å². The zero-order valence-electron chi connectivity index (χ0n) is 11.2. The molecule has 0 spiro atoms. The first-order valence-electron chi connectivity index (χ1n) is 5.63. The summed E-state index contributed by atoms with van der Waals surface area (Å²) in [6, 6.07) is 7.41. The molecule has 1 rings (SSSR count). The van der Waals surface area contributed by atoms with Crippen molar-refractivity contribution >= 4 is 28.5 Å². The lowest BCUT2D eigenvalue weighted by molar-refractivity contribution is -0.127. The van der Waals surface area contributed by atoms with E-state index >= 15 is 0 Å². The largest absolute Gasteiger partial charge is 0.349 e. The van der Waals surface area contributed by atoms with Gasteiger partial charge in [-0.1, -0.05) is 23.9 Å². The van der Waals surface area contributed by atoms with E-state index in [1.165, 1.54) is 11.8 Å². The number of aliphatic imine (C=N–C) groups is 1. The molecular formula is C13H16N4OS. The van der Waals surface area contributed by atoms with Crippen molar-refractivity contribution in [3.05, 3.63) is 29.8 Å². The summed E-state index contributed by atoms with van der Waals surface area (Å²) in [4.78, 5) is 17.5. The summed E-state index contributed by atoms with van der Waals surface area (Å²) < 4.78 is 0. The molecule has 0 radical (unpaired) electrons. The van der Waals surface area contributed by atoms with Crippen molar-refractivity contribution in [2.24, 2.45) is 4.99 Å². The normalized spacial score (nSPS) is 10.7.